The molecule has 1 amide bonds. The van der Waals surface area contributed by atoms with Crippen LogP contribution in [0.25, 0.3) is 0 Å². The summed E-state index contributed by atoms with van der Waals surface area (Å²) in [6.07, 6.45) is 8.04. The molecule has 28 heavy (non-hydrogen) atoms. The van der Waals surface area contributed by atoms with Crippen LogP contribution in [0.1, 0.15) is 58.0 Å². The molecule has 0 atom stereocenters. The van der Waals surface area contributed by atoms with Gasteiger partial charge in [-0.25, -0.2) is 9.97 Å². The fourth-order valence-electron chi connectivity index (χ4n) is 3.27. The van der Waals surface area contributed by atoms with Gasteiger partial charge >= 0.3 is 0 Å². The van der Waals surface area contributed by atoms with Gasteiger partial charge in [-0.1, -0.05) is 33.6 Å². The number of amides is 1. The van der Waals surface area contributed by atoms with Gasteiger partial charge in [-0.05, 0) is 12.8 Å². The molecule has 0 aromatic carbocycles. The lowest BCUT2D eigenvalue weighted by molar-refractivity contribution is -0.122. The van der Waals surface area contributed by atoms with E-state index in [4.69, 9.17) is 4.74 Å². The van der Waals surface area contributed by atoms with Crippen LogP contribution in [0.5, 0.6) is 0 Å². The SMILES string of the molecule is COCc1cc(Nc2cnn(CC(=O)NC3CCCC3)c2)nc(C(C)(C)C)n1. The zero-order valence-corrected chi connectivity index (χ0v) is 17.2. The van der Waals surface area contributed by atoms with Crippen LogP contribution in [0.2, 0.25) is 0 Å². The highest BCUT2D eigenvalue weighted by Gasteiger charge is 2.20. The minimum absolute atomic E-state index is 0.000913. The molecule has 1 saturated carbocycles. The summed E-state index contributed by atoms with van der Waals surface area (Å²) in [5.74, 6) is 1.43. The number of anilines is 2. The third kappa shape index (κ3) is 5.51. The molecule has 2 N–H and O–H groups in total. The number of hydrogen-bond acceptors (Lipinski definition) is 6. The summed E-state index contributed by atoms with van der Waals surface area (Å²) < 4.78 is 6.86. The number of carbonyl (C=O) groups is 1. The molecule has 0 saturated heterocycles. The van der Waals surface area contributed by atoms with Crippen molar-refractivity contribution in [3.05, 3.63) is 30.0 Å². The van der Waals surface area contributed by atoms with Crippen molar-refractivity contribution in [1.82, 2.24) is 25.1 Å². The summed E-state index contributed by atoms with van der Waals surface area (Å²) in [4.78, 5) is 21.4. The minimum atomic E-state index is -0.178. The van der Waals surface area contributed by atoms with E-state index in [-0.39, 0.29) is 17.9 Å². The number of ether oxygens (including phenoxy) is 1. The highest BCUT2D eigenvalue weighted by atomic mass is 16.5. The lowest BCUT2D eigenvalue weighted by Crippen LogP contribution is -2.35. The quantitative estimate of drug-likeness (QED) is 0.760. The van der Waals surface area contributed by atoms with Crippen LogP contribution < -0.4 is 10.6 Å². The van der Waals surface area contributed by atoms with Crippen molar-refractivity contribution < 1.29 is 9.53 Å². The average Bonchev–Trinajstić information content (AvgIpc) is 3.26. The third-order valence-electron chi connectivity index (χ3n) is 4.67. The van der Waals surface area contributed by atoms with Crippen LogP contribution in [0.3, 0.4) is 0 Å². The van der Waals surface area contributed by atoms with Crippen LogP contribution in [0, 0.1) is 0 Å². The van der Waals surface area contributed by atoms with Gasteiger partial charge in [-0.15, -0.1) is 0 Å². The van der Waals surface area contributed by atoms with Crippen molar-refractivity contribution in [2.45, 2.75) is 71.1 Å². The van der Waals surface area contributed by atoms with Gasteiger partial charge in [0.15, 0.2) is 0 Å². The second-order valence-electron chi connectivity index (χ2n) is 8.35. The molecule has 2 heterocycles. The first kappa shape index (κ1) is 20.3. The Bertz CT molecular complexity index is 805. The molecule has 0 unspecified atom stereocenters. The first-order chi connectivity index (χ1) is 13.3. The fraction of sp³-hybridized carbons (Fsp3) is 0.600. The lowest BCUT2D eigenvalue weighted by Gasteiger charge is -2.18. The van der Waals surface area contributed by atoms with E-state index < -0.39 is 0 Å². The normalized spacial score (nSPS) is 15.0. The Morgan fingerprint density at radius 2 is 2.04 bits per heavy atom. The second-order valence-corrected chi connectivity index (χ2v) is 8.35. The summed E-state index contributed by atoms with van der Waals surface area (Å²) in [5.41, 5.74) is 1.41. The average molecular weight is 387 g/mol. The van der Waals surface area contributed by atoms with Gasteiger partial charge in [0.2, 0.25) is 5.91 Å². The van der Waals surface area contributed by atoms with Crippen LogP contribution in [0.4, 0.5) is 11.5 Å². The monoisotopic (exact) mass is 386 g/mol. The molecule has 1 aliphatic carbocycles. The van der Waals surface area contributed by atoms with Crippen LogP contribution in [0.15, 0.2) is 18.5 Å². The largest absolute Gasteiger partial charge is 0.378 e. The van der Waals surface area contributed by atoms with Crippen LogP contribution >= 0.6 is 0 Å². The predicted octanol–water partition coefficient (Wildman–Crippen LogP) is 2.92. The number of methoxy groups -OCH3 is 1. The van der Waals surface area contributed by atoms with E-state index in [0.29, 0.717) is 18.5 Å². The lowest BCUT2D eigenvalue weighted by atomic mass is 9.95. The Kier molecular flexibility index (Phi) is 6.28. The molecule has 152 valence electrons. The molecular formula is C20H30N6O2. The molecule has 0 aliphatic heterocycles. The number of rotatable bonds is 7. The van der Waals surface area contributed by atoms with E-state index in [1.165, 1.54) is 12.8 Å². The summed E-state index contributed by atoms with van der Waals surface area (Å²) in [7, 11) is 1.65. The number of nitrogens with one attached hydrogen (secondary N) is 2. The van der Waals surface area contributed by atoms with Crippen molar-refractivity contribution in [1.29, 1.82) is 0 Å². The van der Waals surface area contributed by atoms with E-state index in [0.717, 1.165) is 30.0 Å². The smallest absolute Gasteiger partial charge is 0.241 e. The summed E-state index contributed by atoms with van der Waals surface area (Å²) in [5, 5.41) is 10.6. The molecule has 0 radical (unpaired) electrons. The number of hydrogen-bond donors (Lipinski definition) is 2. The van der Waals surface area contributed by atoms with E-state index in [1.54, 1.807) is 18.0 Å². The van der Waals surface area contributed by atoms with Crippen molar-refractivity contribution in [2.24, 2.45) is 0 Å². The van der Waals surface area contributed by atoms with E-state index in [9.17, 15) is 4.79 Å². The van der Waals surface area contributed by atoms with Gasteiger partial charge < -0.3 is 15.4 Å². The van der Waals surface area contributed by atoms with Crippen molar-refractivity contribution >= 4 is 17.4 Å². The highest BCUT2D eigenvalue weighted by molar-refractivity contribution is 5.76. The molecule has 0 bridgehead atoms. The van der Waals surface area contributed by atoms with Crippen LogP contribution in [-0.2, 0) is 28.1 Å². The Morgan fingerprint density at radius 1 is 1.29 bits per heavy atom. The minimum Gasteiger partial charge on any atom is -0.378 e. The first-order valence-electron chi connectivity index (χ1n) is 9.80. The van der Waals surface area contributed by atoms with Gasteiger partial charge in [0.25, 0.3) is 0 Å². The number of carbonyl (C=O) groups excluding carboxylic acids is 1. The molecular weight excluding hydrogens is 356 g/mol. The number of aromatic nitrogens is 4. The van der Waals surface area contributed by atoms with Crippen LogP contribution in [-0.4, -0.2) is 38.8 Å². The Balaban J connectivity index is 1.66. The maximum atomic E-state index is 12.2. The molecule has 3 rings (SSSR count). The molecule has 2 aromatic rings. The zero-order chi connectivity index (χ0) is 20.1. The van der Waals surface area contributed by atoms with E-state index in [2.05, 4.69) is 46.5 Å². The Labute approximate surface area is 166 Å². The highest BCUT2D eigenvalue weighted by Crippen LogP contribution is 2.23. The predicted molar refractivity (Wildman–Crippen MR) is 107 cm³/mol. The summed E-state index contributed by atoms with van der Waals surface area (Å²) in [6, 6.07) is 2.18. The summed E-state index contributed by atoms with van der Waals surface area (Å²) >= 11 is 0. The zero-order valence-electron chi connectivity index (χ0n) is 17.2. The van der Waals surface area contributed by atoms with E-state index in [1.807, 2.05) is 12.3 Å². The Morgan fingerprint density at radius 3 is 2.71 bits per heavy atom. The topological polar surface area (TPSA) is 94.0 Å². The third-order valence-corrected chi connectivity index (χ3v) is 4.67. The molecule has 1 fully saturated rings. The maximum absolute atomic E-state index is 12.2. The fourth-order valence-corrected chi connectivity index (χ4v) is 3.27. The standard InChI is InChI=1S/C20H30N6O2/c1-20(2,3)19-24-15(13-28-4)9-17(25-19)22-16-10-21-26(11-16)12-18(27)23-14-7-5-6-8-14/h9-11,14H,5-8,12-13H2,1-4H3,(H,23,27)(H,22,24,25). The first-order valence-corrected chi connectivity index (χ1v) is 9.80. The molecule has 1 aliphatic rings. The Hall–Kier alpha value is -2.48. The maximum Gasteiger partial charge on any atom is 0.241 e. The summed E-state index contributed by atoms with van der Waals surface area (Å²) in [6.45, 7) is 6.85. The van der Waals surface area contributed by atoms with Crippen molar-refractivity contribution in [2.75, 3.05) is 12.4 Å². The van der Waals surface area contributed by atoms with Gasteiger partial charge in [-0.3, -0.25) is 9.48 Å². The van der Waals surface area contributed by atoms with Gasteiger partial charge in [0, 0.05) is 30.8 Å². The van der Waals surface area contributed by atoms with Gasteiger partial charge in [0.1, 0.15) is 18.2 Å². The second kappa shape index (κ2) is 8.68. The van der Waals surface area contributed by atoms with Gasteiger partial charge in [-0.2, -0.15) is 5.10 Å². The van der Waals surface area contributed by atoms with Crippen molar-refractivity contribution in [3.8, 4) is 0 Å². The molecule has 2 aromatic heterocycles. The van der Waals surface area contributed by atoms with E-state index >= 15 is 0 Å². The molecule has 8 nitrogen and oxygen atoms in total. The van der Waals surface area contributed by atoms with Gasteiger partial charge in [0.05, 0.1) is 24.2 Å². The van der Waals surface area contributed by atoms with Crippen molar-refractivity contribution in [3.63, 3.8) is 0 Å². The molecule has 8 heteroatoms. The molecule has 0 spiro atoms. The number of nitrogens with zero attached hydrogens (tertiary/aromatic N) is 4.